The molecule has 110 valence electrons. The third-order valence-electron chi connectivity index (χ3n) is 5.16. The average molecular weight is 266 g/mol. The van der Waals surface area contributed by atoms with Crippen molar-refractivity contribution in [2.75, 3.05) is 13.6 Å². The van der Waals surface area contributed by atoms with E-state index in [-0.39, 0.29) is 6.03 Å². The second-order valence-corrected chi connectivity index (χ2v) is 6.70. The molecule has 2 saturated carbocycles. The topological polar surface area (TPSA) is 32.3 Å². The minimum Gasteiger partial charge on any atom is -0.338 e. The molecule has 2 fully saturated rings. The van der Waals surface area contributed by atoms with Crippen molar-refractivity contribution < 1.29 is 4.79 Å². The van der Waals surface area contributed by atoms with Gasteiger partial charge in [-0.05, 0) is 43.9 Å². The number of amides is 2. The van der Waals surface area contributed by atoms with Crippen molar-refractivity contribution in [3.63, 3.8) is 0 Å². The van der Waals surface area contributed by atoms with Gasteiger partial charge in [0.1, 0.15) is 0 Å². The smallest absolute Gasteiger partial charge is 0.317 e. The van der Waals surface area contributed by atoms with E-state index < -0.39 is 0 Å². The Kier molecular flexibility index (Phi) is 5.53. The maximum Gasteiger partial charge on any atom is 0.317 e. The Morgan fingerprint density at radius 3 is 2.37 bits per heavy atom. The summed E-state index contributed by atoms with van der Waals surface area (Å²) in [5.41, 5.74) is 0. The molecule has 2 aliphatic carbocycles. The Morgan fingerprint density at radius 1 is 1.11 bits per heavy atom. The van der Waals surface area contributed by atoms with Crippen LogP contribution in [0.3, 0.4) is 0 Å². The molecule has 19 heavy (non-hydrogen) atoms. The summed E-state index contributed by atoms with van der Waals surface area (Å²) in [5.74, 6) is 1.70. The van der Waals surface area contributed by atoms with Crippen LogP contribution in [0.15, 0.2) is 0 Å². The number of nitrogens with zero attached hydrogens (tertiary/aromatic N) is 1. The van der Waals surface area contributed by atoms with Crippen LogP contribution < -0.4 is 5.32 Å². The zero-order valence-electron chi connectivity index (χ0n) is 12.7. The average Bonchev–Trinajstić information content (AvgIpc) is 2.92. The van der Waals surface area contributed by atoms with Crippen molar-refractivity contribution in [1.29, 1.82) is 0 Å². The van der Waals surface area contributed by atoms with Gasteiger partial charge in [-0.3, -0.25) is 0 Å². The summed E-state index contributed by atoms with van der Waals surface area (Å²) < 4.78 is 0. The maximum absolute atomic E-state index is 12.1. The van der Waals surface area contributed by atoms with E-state index in [2.05, 4.69) is 12.2 Å². The molecule has 3 nitrogen and oxygen atoms in total. The van der Waals surface area contributed by atoms with Gasteiger partial charge in [0.25, 0.3) is 0 Å². The zero-order valence-corrected chi connectivity index (χ0v) is 12.7. The molecule has 0 heterocycles. The van der Waals surface area contributed by atoms with E-state index in [0.29, 0.717) is 6.04 Å². The third kappa shape index (κ3) is 4.39. The molecule has 2 rings (SSSR count). The van der Waals surface area contributed by atoms with Gasteiger partial charge in [-0.2, -0.15) is 0 Å². The molecule has 3 heteroatoms. The molecule has 0 aromatic carbocycles. The summed E-state index contributed by atoms with van der Waals surface area (Å²) in [4.78, 5) is 14.1. The van der Waals surface area contributed by atoms with Crippen molar-refractivity contribution >= 4 is 6.03 Å². The standard InChI is InChI=1S/C16H30N2O/c1-13-7-9-15(10-8-13)18(2)16(19)17-12-11-14-5-3-4-6-14/h13-15H,3-12H2,1-2H3,(H,17,19). The highest BCUT2D eigenvalue weighted by Crippen LogP contribution is 2.27. The van der Waals surface area contributed by atoms with E-state index in [9.17, 15) is 4.79 Å². The third-order valence-corrected chi connectivity index (χ3v) is 5.16. The normalized spacial score (nSPS) is 28.3. The van der Waals surface area contributed by atoms with Crippen LogP contribution in [0.2, 0.25) is 0 Å². The lowest BCUT2D eigenvalue weighted by molar-refractivity contribution is 0.163. The Balaban J connectivity index is 1.64. The van der Waals surface area contributed by atoms with Gasteiger partial charge in [0.05, 0.1) is 0 Å². The first kappa shape index (κ1) is 14.7. The van der Waals surface area contributed by atoms with E-state index in [4.69, 9.17) is 0 Å². The summed E-state index contributed by atoms with van der Waals surface area (Å²) in [6.07, 6.45) is 11.6. The van der Waals surface area contributed by atoms with E-state index >= 15 is 0 Å². The van der Waals surface area contributed by atoms with Crippen molar-refractivity contribution in [2.45, 2.75) is 70.8 Å². The fraction of sp³-hybridized carbons (Fsp3) is 0.938. The quantitative estimate of drug-likeness (QED) is 0.825. The molecule has 0 unspecified atom stereocenters. The van der Waals surface area contributed by atoms with Crippen LogP contribution in [0, 0.1) is 11.8 Å². The molecular formula is C16H30N2O. The summed E-state index contributed by atoms with van der Waals surface area (Å²) in [7, 11) is 1.96. The Morgan fingerprint density at radius 2 is 1.74 bits per heavy atom. The molecule has 0 bridgehead atoms. The molecule has 0 aliphatic heterocycles. The van der Waals surface area contributed by atoms with Crippen LogP contribution in [0.5, 0.6) is 0 Å². The number of carbonyl (C=O) groups is 1. The highest BCUT2D eigenvalue weighted by Gasteiger charge is 2.24. The molecule has 0 aromatic rings. The second-order valence-electron chi connectivity index (χ2n) is 6.70. The van der Waals surface area contributed by atoms with Crippen LogP contribution in [-0.2, 0) is 0 Å². The number of rotatable bonds is 4. The molecule has 1 N–H and O–H groups in total. The van der Waals surface area contributed by atoms with Crippen LogP contribution >= 0.6 is 0 Å². The Labute approximate surface area is 118 Å². The van der Waals surface area contributed by atoms with Crippen LogP contribution in [0.4, 0.5) is 4.79 Å². The van der Waals surface area contributed by atoms with Gasteiger partial charge in [-0.15, -0.1) is 0 Å². The lowest BCUT2D eigenvalue weighted by Crippen LogP contribution is -2.45. The van der Waals surface area contributed by atoms with Gasteiger partial charge in [0.2, 0.25) is 0 Å². The molecule has 0 aromatic heterocycles. The zero-order chi connectivity index (χ0) is 13.7. The second kappa shape index (κ2) is 7.16. The van der Waals surface area contributed by atoms with E-state index in [1.807, 2.05) is 11.9 Å². The van der Waals surface area contributed by atoms with Gasteiger partial charge in [-0.1, -0.05) is 32.6 Å². The Hall–Kier alpha value is -0.730. The van der Waals surface area contributed by atoms with Gasteiger partial charge >= 0.3 is 6.03 Å². The summed E-state index contributed by atoms with van der Waals surface area (Å²) >= 11 is 0. The Bertz CT molecular complexity index is 278. The molecule has 2 amide bonds. The van der Waals surface area contributed by atoms with Crippen molar-refractivity contribution in [3.8, 4) is 0 Å². The highest BCUT2D eigenvalue weighted by molar-refractivity contribution is 5.74. The number of nitrogens with one attached hydrogen (secondary N) is 1. The molecule has 0 atom stereocenters. The first-order valence-corrected chi connectivity index (χ1v) is 8.17. The molecule has 0 radical (unpaired) electrons. The van der Waals surface area contributed by atoms with E-state index in [0.717, 1.165) is 18.4 Å². The van der Waals surface area contributed by atoms with Crippen molar-refractivity contribution in [1.82, 2.24) is 10.2 Å². The number of hydrogen-bond acceptors (Lipinski definition) is 1. The fourth-order valence-corrected chi connectivity index (χ4v) is 3.60. The number of hydrogen-bond donors (Lipinski definition) is 1. The predicted octanol–water partition coefficient (Wildman–Crippen LogP) is 3.79. The van der Waals surface area contributed by atoms with Crippen molar-refractivity contribution in [3.05, 3.63) is 0 Å². The minimum atomic E-state index is 0.137. The van der Waals surface area contributed by atoms with Crippen LogP contribution in [0.25, 0.3) is 0 Å². The van der Waals surface area contributed by atoms with Crippen molar-refractivity contribution in [2.24, 2.45) is 11.8 Å². The SMILES string of the molecule is CC1CCC(N(C)C(=O)NCCC2CCCC2)CC1. The fourth-order valence-electron chi connectivity index (χ4n) is 3.60. The first-order chi connectivity index (χ1) is 9.16. The summed E-state index contributed by atoms with van der Waals surface area (Å²) in [6, 6.07) is 0.597. The van der Waals surface area contributed by atoms with Crippen LogP contribution in [0.1, 0.15) is 64.7 Å². The number of urea groups is 1. The monoisotopic (exact) mass is 266 g/mol. The molecular weight excluding hydrogens is 236 g/mol. The lowest BCUT2D eigenvalue weighted by Gasteiger charge is -2.33. The van der Waals surface area contributed by atoms with Crippen LogP contribution in [-0.4, -0.2) is 30.6 Å². The predicted molar refractivity (Wildman–Crippen MR) is 79.2 cm³/mol. The summed E-state index contributed by atoms with van der Waals surface area (Å²) in [5, 5.41) is 3.10. The highest BCUT2D eigenvalue weighted by atomic mass is 16.2. The van der Waals surface area contributed by atoms with E-state index in [1.165, 1.54) is 57.8 Å². The maximum atomic E-state index is 12.1. The van der Waals surface area contributed by atoms with E-state index in [1.54, 1.807) is 0 Å². The summed E-state index contributed by atoms with van der Waals surface area (Å²) in [6.45, 7) is 3.18. The molecule has 0 saturated heterocycles. The van der Waals surface area contributed by atoms with Gasteiger partial charge in [0.15, 0.2) is 0 Å². The number of carbonyl (C=O) groups excluding carboxylic acids is 1. The molecule has 0 spiro atoms. The van der Waals surface area contributed by atoms with Gasteiger partial charge in [-0.25, -0.2) is 4.79 Å². The molecule has 2 aliphatic rings. The largest absolute Gasteiger partial charge is 0.338 e. The van der Waals surface area contributed by atoms with Gasteiger partial charge in [0, 0.05) is 19.6 Å². The lowest BCUT2D eigenvalue weighted by atomic mass is 9.87. The first-order valence-electron chi connectivity index (χ1n) is 8.17. The minimum absolute atomic E-state index is 0.137. The van der Waals surface area contributed by atoms with Gasteiger partial charge < -0.3 is 10.2 Å².